The highest BCUT2D eigenvalue weighted by Crippen LogP contribution is 2.40. The molecule has 0 spiro atoms. The average molecular weight is 594 g/mol. The molecule has 4 aromatic rings. The average Bonchev–Trinajstić information content (AvgIpc) is 2.94. The van der Waals surface area contributed by atoms with Crippen LogP contribution < -0.4 is 10.0 Å². The lowest BCUT2D eigenvalue weighted by molar-refractivity contribution is 0.0696. The highest BCUT2D eigenvalue weighted by molar-refractivity contribution is 7.92. The highest BCUT2D eigenvalue weighted by Gasteiger charge is 2.28. The van der Waals surface area contributed by atoms with E-state index in [0.29, 0.717) is 16.3 Å². The molecule has 11 heteroatoms. The molecule has 0 saturated carbocycles. The van der Waals surface area contributed by atoms with Gasteiger partial charge in [0.05, 0.1) is 17.0 Å². The third kappa shape index (κ3) is 7.01. The van der Waals surface area contributed by atoms with Gasteiger partial charge in [-0.15, -0.1) is 0 Å². The smallest absolute Gasteiger partial charge is 0.338 e. The highest BCUT2D eigenvalue weighted by atomic mass is 35.5. The number of hydrogen-bond donors (Lipinski definition) is 3. The molecule has 0 bridgehead atoms. The molecule has 0 aliphatic rings. The van der Waals surface area contributed by atoms with E-state index in [1.54, 1.807) is 19.2 Å². The van der Waals surface area contributed by atoms with Crippen molar-refractivity contribution in [3.8, 4) is 11.1 Å². The molecule has 0 aliphatic heterocycles. The normalized spacial score (nSPS) is 11.7. The summed E-state index contributed by atoms with van der Waals surface area (Å²) >= 11 is 6.87. The maximum atomic E-state index is 12.8. The first-order chi connectivity index (χ1) is 19.4. The largest absolute Gasteiger partial charge is 0.478 e. The maximum Gasteiger partial charge on any atom is 0.338 e. The van der Waals surface area contributed by atoms with E-state index in [4.69, 9.17) is 16.7 Å². The van der Waals surface area contributed by atoms with E-state index in [1.165, 1.54) is 12.4 Å². The Morgan fingerprint density at radius 3 is 2.46 bits per heavy atom. The summed E-state index contributed by atoms with van der Waals surface area (Å²) in [7, 11) is -3.66. The molecule has 41 heavy (non-hydrogen) atoms. The van der Waals surface area contributed by atoms with Gasteiger partial charge in [0, 0.05) is 41.8 Å². The second-order valence-electron chi connectivity index (χ2n) is 10.3. The fourth-order valence-corrected chi connectivity index (χ4v) is 6.10. The van der Waals surface area contributed by atoms with Crippen molar-refractivity contribution < 1.29 is 18.3 Å². The Hall–Kier alpha value is -4.02. The van der Waals surface area contributed by atoms with Gasteiger partial charge in [-0.3, -0.25) is 9.71 Å². The minimum absolute atomic E-state index is 0.0284. The Labute approximate surface area is 245 Å². The third-order valence-corrected chi connectivity index (χ3v) is 8.86. The van der Waals surface area contributed by atoms with Gasteiger partial charge in [0.25, 0.3) is 0 Å². The van der Waals surface area contributed by atoms with Crippen LogP contribution >= 0.6 is 11.6 Å². The van der Waals surface area contributed by atoms with Gasteiger partial charge in [0.1, 0.15) is 0 Å². The van der Waals surface area contributed by atoms with Crippen LogP contribution in [0, 0.1) is 13.8 Å². The van der Waals surface area contributed by atoms with Gasteiger partial charge in [-0.05, 0) is 65.8 Å². The molecular weight excluding hydrogens is 562 g/mol. The monoisotopic (exact) mass is 593 g/mol. The number of benzene rings is 2. The molecule has 0 amide bonds. The van der Waals surface area contributed by atoms with E-state index in [2.05, 4.69) is 57.0 Å². The van der Waals surface area contributed by atoms with Gasteiger partial charge in [-0.1, -0.05) is 55.8 Å². The van der Waals surface area contributed by atoms with E-state index in [0.717, 1.165) is 27.8 Å². The predicted molar refractivity (Wildman–Crippen MR) is 162 cm³/mol. The summed E-state index contributed by atoms with van der Waals surface area (Å²) in [6.45, 7) is 8.32. The van der Waals surface area contributed by atoms with Gasteiger partial charge in [0.15, 0.2) is 0 Å². The number of aryl methyl sites for hydroxylation is 1. The van der Waals surface area contributed by atoms with E-state index >= 15 is 0 Å². The molecule has 0 aliphatic carbocycles. The van der Waals surface area contributed by atoms with Crippen LogP contribution in [0.15, 0.2) is 67.3 Å². The standard InChI is InChI=1S/C30H32ClN5O4S/c1-19-16-32-13-11-24(19)21-7-5-8-23(15-21)30(3,4)25-9-10-26(20(2)27(25)31)36-41(39,40)14-6-12-33-29-34-17-22(18-35-29)28(37)38/h5,7-11,13,15-18,36H,6,12,14H2,1-4H3,(H,37,38)(H,33,34,35). The molecule has 0 fully saturated rings. The van der Waals surface area contributed by atoms with E-state index in [9.17, 15) is 13.2 Å². The first kappa shape index (κ1) is 30.0. The Kier molecular flexibility index (Phi) is 8.94. The number of halogens is 1. The number of hydrogen-bond acceptors (Lipinski definition) is 7. The molecule has 2 heterocycles. The number of aromatic carboxylic acids is 1. The fourth-order valence-electron chi connectivity index (χ4n) is 4.52. The second-order valence-corrected chi connectivity index (χ2v) is 12.5. The predicted octanol–water partition coefficient (Wildman–Crippen LogP) is 6.08. The van der Waals surface area contributed by atoms with Crippen molar-refractivity contribution in [3.05, 3.63) is 100 Å². The molecule has 2 aromatic heterocycles. The zero-order valence-corrected chi connectivity index (χ0v) is 24.8. The molecule has 3 N–H and O–H groups in total. The van der Waals surface area contributed by atoms with Crippen molar-refractivity contribution in [1.82, 2.24) is 15.0 Å². The lowest BCUT2D eigenvalue weighted by atomic mass is 9.76. The van der Waals surface area contributed by atoms with Crippen LogP contribution in [0.3, 0.4) is 0 Å². The van der Waals surface area contributed by atoms with Gasteiger partial charge in [-0.2, -0.15) is 0 Å². The summed E-state index contributed by atoms with van der Waals surface area (Å²) in [5.74, 6) is -1.03. The molecule has 0 atom stereocenters. The molecule has 214 valence electrons. The van der Waals surface area contributed by atoms with Gasteiger partial charge < -0.3 is 10.4 Å². The van der Waals surface area contributed by atoms with Gasteiger partial charge in [-0.25, -0.2) is 23.2 Å². The van der Waals surface area contributed by atoms with Crippen molar-refractivity contribution in [3.63, 3.8) is 0 Å². The van der Waals surface area contributed by atoms with Crippen LogP contribution in [-0.2, 0) is 15.4 Å². The number of carboxylic acid groups (broad SMARTS) is 1. The SMILES string of the molecule is Cc1cnccc1-c1cccc(C(C)(C)c2ccc(NS(=O)(=O)CCCNc3ncc(C(=O)O)cn3)c(C)c2Cl)c1. The lowest BCUT2D eigenvalue weighted by Gasteiger charge is -2.29. The van der Waals surface area contributed by atoms with Crippen molar-refractivity contribution in [2.45, 2.75) is 39.5 Å². The topological polar surface area (TPSA) is 134 Å². The Morgan fingerprint density at radius 2 is 1.78 bits per heavy atom. The quantitative estimate of drug-likeness (QED) is 0.178. The summed E-state index contributed by atoms with van der Waals surface area (Å²) < 4.78 is 28.3. The van der Waals surface area contributed by atoms with Crippen molar-refractivity contribution in [2.75, 3.05) is 22.3 Å². The summed E-state index contributed by atoms with van der Waals surface area (Å²) in [6.07, 6.45) is 6.29. The zero-order valence-electron chi connectivity index (χ0n) is 23.3. The summed E-state index contributed by atoms with van der Waals surface area (Å²) in [6, 6.07) is 14.0. The van der Waals surface area contributed by atoms with Crippen molar-refractivity contribution in [2.24, 2.45) is 0 Å². The second kappa shape index (κ2) is 12.2. The van der Waals surface area contributed by atoms with Crippen LogP contribution in [0.5, 0.6) is 0 Å². The van der Waals surface area contributed by atoms with E-state index < -0.39 is 21.4 Å². The molecule has 4 rings (SSSR count). The summed E-state index contributed by atoms with van der Waals surface area (Å²) in [5.41, 5.74) is 5.85. The molecular formula is C30H32ClN5O4S. The number of aromatic nitrogens is 3. The molecule has 9 nitrogen and oxygen atoms in total. The third-order valence-electron chi connectivity index (χ3n) is 7.01. The fraction of sp³-hybridized carbons (Fsp3) is 0.267. The van der Waals surface area contributed by atoms with E-state index in [1.807, 2.05) is 31.3 Å². The number of rotatable bonds is 11. The Balaban J connectivity index is 1.45. The number of nitrogens with one attached hydrogen (secondary N) is 2. The van der Waals surface area contributed by atoms with Gasteiger partial charge in [0.2, 0.25) is 16.0 Å². The minimum atomic E-state index is -3.66. The van der Waals surface area contributed by atoms with Crippen LogP contribution in [0.2, 0.25) is 5.02 Å². The number of nitrogens with zero attached hydrogens (tertiary/aromatic N) is 3. The van der Waals surface area contributed by atoms with Crippen LogP contribution in [0.25, 0.3) is 11.1 Å². The summed E-state index contributed by atoms with van der Waals surface area (Å²) in [4.78, 5) is 22.9. The van der Waals surface area contributed by atoms with Crippen molar-refractivity contribution in [1.29, 1.82) is 0 Å². The van der Waals surface area contributed by atoms with Crippen LogP contribution in [-0.4, -0.2) is 46.7 Å². The zero-order chi connectivity index (χ0) is 29.8. The van der Waals surface area contributed by atoms with Crippen molar-refractivity contribution >= 4 is 39.2 Å². The Morgan fingerprint density at radius 1 is 1.05 bits per heavy atom. The first-order valence-corrected chi connectivity index (χ1v) is 15.0. The van der Waals surface area contributed by atoms with Crippen LogP contribution in [0.4, 0.5) is 11.6 Å². The van der Waals surface area contributed by atoms with Gasteiger partial charge >= 0.3 is 5.97 Å². The molecule has 0 unspecified atom stereocenters. The maximum absolute atomic E-state index is 12.8. The molecule has 0 radical (unpaired) electrons. The minimum Gasteiger partial charge on any atom is -0.478 e. The number of anilines is 2. The lowest BCUT2D eigenvalue weighted by Crippen LogP contribution is -2.22. The Bertz CT molecular complexity index is 1680. The molecule has 2 aromatic carbocycles. The number of sulfonamides is 1. The molecule has 0 saturated heterocycles. The number of carboxylic acids is 1. The van der Waals surface area contributed by atoms with E-state index in [-0.39, 0.29) is 30.2 Å². The summed E-state index contributed by atoms with van der Waals surface area (Å²) in [5, 5.41) is 12.3. The first-order valence-electron chi connectivity index (χ1n) is 13.0. The number of pyridine rings is 1. The number of carbonyl (C=O) groups is 1. The van der Waals surface area contributed by atoms with Crippen LogP contribution in [0.1, 0.15) is 52.9 Å².